The molecule has 0 aliphatic rings. The van der Waals surface area contributed by atoms with E-state index in [1.807, 2.05) is 86.0 Å². The summed E-state index contributed by atoms with van der Waals surface area (Å²) in [6.45, 7) is 3.67. The Morgan fingerprint density at radius 1 is 0.902 bits per heavy atom. The number of amides is 3. The maximum absolute atomic E-state index is 13.2. The van der Waals surface area contributed by atoms with Crippen LogP contribution < -0.4 is 21.7 Å². The van der Waals surface area contributed by atoms with Gasteiger partial charge in [0.2, 0.25) is 11.8 Å². The maximum atomic E-state index is 13.2. The Hall–Kier alpha value is -2.06. The van der Waals surface area contributed by atoms with Gasteiger partial charge in [-0.2, -0.15) is 0 Å². The summed E-state index contributed by atoms with van der Waals surface area (Å²) >= 11 is 5.92. The van der Waals surface area contributed by atoms with Crippen molar-refractivity contribution in [3.05, 3.63) is 52.2 Å². The van der Waals surface area contributed by atoms with E-state index in [4.69, 9.17) is 15.2 Å². The van der Waals surface area contributed by atoms with Crippen molar-refractivity contribution < 1.29 is 33.4 Å². The number of anilines is 2. The molecule has 0 aliphatic heterocycles. The molecule has 14 heteroatoms. The fraction of sp³-hybridized carbons (Fsp3) is 0.370. The molecule has 0 aliphatic carbocycles. The molecule has 0 heterocycles. The lowest BCUT2D eigenvalue weighted by atomic mass is 10.1. The molecule has 2 aromatic carbocycles. The normalized spacial score (nSPS) is 11.3. The molecule has 5 N–H and O–H groups in total. The smallest absolute Gasteiger partial charge is 0.322 e. The first-order valence-corrected chi connectivity index (χ1v) is 15.9. The van der Waals surface area contributed by atoms with Crippen molar-refractivity contribution in [3.8, 4) is 0 Å². The van der Waals surface area contributed by atoms with Crippen molar-refractivity contribution in [2.75, 3.05) is 23.8 Å². The molecular formula is C27H31I3N4O7. The third-order valence-electron chi connectivity index (χ3n) is 5.47. The molecule has 0 saturated carbocycles. The van der Waals surface area contributed by atoms with Gasteiger partial charge < -0.3 is 31.2 Å². The number of nitrogens with two attached hydrogens (primary N) is 1. The molecule has 1 atom stereocenters. The van der Waals surface area contributed by atoms with Crippen LogP contribution in [0.25, 0.3) is 0 Å². The first-order chi connectivity index (χ1) is 19.5. The van der Waals surface area contributed by atoms with E-state index in [1.54, 1.807) is 19.1 Å². The van der Waals surface area contributed by atoms with Gasteiger partial charge in [0, 0.05) is 13.5 Å². The number of halogens is 3. The number of unbranched alkanes of at least 4 members (excludes halogenated alkanes) is 1. The van der Waals surface area contributed by atoms with Crippen molar-refractivity contribution in [3.63, 3.8) is 0 Å². The van der Waals surface area contributed by atoms with Crippen LogP contribution in [0.1, 0.15) is 55.5 Å². The largest absolute Gasteiger partial charge is 0.465 e. The second-order valence-corrected chi connectivity index (χ2v) is 12.0. The number of ether oxygens (including phenoxy) is 2. The van der Waals surface area contributed by atoms with Crippen molar-refractivity contribution >= 4 is 109 Å². The van der Waals surface area contributed by atoms with Gasteiger partial charge in [0.25, 0.3) is 5.91 Å². The molecule has 0 aromatic heterocycles. The molecule has 0 saturated heterocycles. The molecule has 0 bridgehead atoms. The van der Waals surface area contributed by atoms with Gasteiger partial charge in [-0.15, -0.1) is 0 Å². The fourth-order valence-corrected chi connectivity index (χ4v) is 7.70. The van der Waals surface area contributed by atoms with Gasteiger partial charge >= 0.3 is 11.9 Å². The lowest BCUT2D eigenvalue weighted by molar-refractivity contribution is -0.147. The maximum Gasteiger partial charge on any atom is 0.322 e. The van der Waals surface area contributed by atoms with Crippen molar-refractivity contribution in [2.45, 2.75) is 52.2 Å². The van der Waals surface area contributed by atoms with E-state index in [0.29, 0.717) is 47.9 Å². The Morgan fingerprint density at radius 2 is 1.54 bits per heavy atom. The topological polar surface area (TPSA) is 166 Å². The number of benzene rings is 2. The molecular weight excluding hydrogens is 873 g/mol. The van der Waals surface area contributed by atoms with Gasteiger partial charge in [0.1, 0.15) is 19.1 Å². The second-order valence-electron chi connectivity index (χ2n) is 8.73. The minimum absolute atomic E-state index is 0.0390. The minimum Gasteiger partial charge on any atom is -0.465 e. The molecule has 2 rings (SSSR count). The number of hydrogen-bond acceptors (Lipinski definition) is 8. The van der Waals surface area contributed by atoms with Crippen LogP contribution in [0.3, 0.4) is 0 Å². The summed E-state index contributed by atoms with van der Waals surface area (Å²) in [6, 6.07) is 8.37. The van der Waals surface area contributed by atoms with E-state index in [9.17, 15) is 24.0 Å². The highest BCUT2D eigenvalue weighted by atomic mass is 127. The highest BCUT2D eigenvalue weighted by Gasteiger charge is 2.26. The zero-order valence-corrected chi connectivity index (χ0v) is 29.0. The van der Waals surface area contributed by atoms with Gasteiger partial charge in [0.15, 0.2) is 0 Å². The van der Waals surface area contributed by atoms with Crippen LogP contribution in [0.4, 0.5) is 11.4 Å². The summed E-state index contributed by atoms with van der Waals surface area (Å²) in [5.74, 6) is -2.55. The van der Waals surface area contributed by atoms with E-state index in [1.165, 1.54) is 6.92 Å². The number of carbonyl (C=O) groups excluding carboxylic acids is 5. The van der Waals surface area contributed by atoms with Crippen LogP contribution in [0.15, 0.2) is 30.3 Å². The third kappa shape index (κ3) is 11.3. The van der Waals surface area contributed by atoms with Crippen LogP contribution in [0, 0.1) is 10.7 Å². The van der Waals surface area contributed by atoms with Crippen molar-refractivity contribution in [2.24, 2.45) is 5.73 Å². The zero-order valence-electron chi connectivity index (χ0n) is 22.5. The van der Waals surface area contributed by atoms with Gasteiger partial charge in [-0.05, 0) is 99.5 Å². The molecule has 222 valence electrons. The van der Waals surface area contributed by atoms with Crippen LogP contribution >= 0.6 is 67.8 Å². The Labute approximate surface area is 279 Å². The number of hydrogen-bond donors (Lipinski definition) is 4. The molecule has 0 fully saturated rings. The third-order valence-corrected chi connectivity index (χ3v) is 8.71. The predicted octanol–water partition coefficient (Wildman–Crippen LogP) is 4.32. The summed E-state index contributed by atoms with van der Waals surface area (Å²) in [6.07, 6.45) is 1.06. The van der Waals surface area contributed by atoms with E-state index in [2.05, 4.69) is 16.0 Å². The van der Waals surface area contributed by atoms with E-state index in [-0.39, 0.29) is 24.7 Å². The number of carbonyl (C=O) groups is 5. The first-order valence-electron chi connectivity index (χ1n) is 12.6. The molecule has 11 nitrogen and oxygen atoms in total. The van der Waals surface area contributed by atoms with Gasteiger partial charge in [-0.1, -0.05) is 30.3 Å². The minimum atomic E-state index is -0.717. The monoisotopic (exact) mass is 904 g/mol. The van der Waals surface area contributed by atoms with Crippen molar-refractivity contribution in [1.82, 2.24) is 5.32 Å². The SMILES string of the molecule is CCOC(=O)C(N)CCCCNC(=O)c1c(I)c(NC(C)=O)c(I)c(NC(=O)CC(=O)OCc2ccccc2)c1I. The highest BCUT2D eigenvalue weighted by Crippen LogP contribution is 2.39. The van der Waals surface area contributed by atoms with Crippen LogP contribution in [0.2, 0.25) is 0 Å². The summed E-state index contributed by atoms with van der Waals surface area (Å²) in [4.78, 5) is 61.9. The van der Waals surface area contributed by atoms with Gasteiger partial charge in [-0.25, -0.2) is 0 Å². The Kier molecular flexibility index (Phi) is 15.2. The summed E-state index contributed by atoms with van der Waals surface area (Å²) in [7, 11) is 0. The van der Waals surface area contributed by atoms with Gasteiger partial charge in [0.05, 0.1) is 34.3 Å². The molecule has 3 amide bonds. The second kappa shape index (κ2) is 17.8. The van der Waals surface area contributed by atoms with E-state index >= 15 is 0 Å². The Bertz CT molecular complexity index is 1280. The van der Waals surface area contributed by atoms with E-state index < -0.39 is 36.2 Å². The summed E-state index contributed by atoms with van der Waals surface area (Å²) in [5, 5.41) is 8.28. The molecule has 1 unspecified atom stereocenters. The average Bonchev–Trinajstić information content (AvgIpc) is 2.92. The summed E-state index contributed by atoms with van der Waals surface area (Å²) < 4.78 is 11.5. The van der Waals surface area contributed by atoms with E-state index in [0.717, 1.165) is 5.56 Å². The molecule has 0 radical (unpaired) electrons. The lowest BCUT2D eigenvalue weighted by Crippen LogP contribution is -2.32. The number of esters is 2. The highest BCUT2D eigenvalue weighted by molar-refractivity contribution is 14.1. The summed E-state index contributed by atoms with van der Waals surface area (Å²) in [5.41, 5.74) is 7.53. The van der Waals surface area contributed by atoms with Crippen LogP contribution in [-0.4, -0.2) is 48.9 Å². The van der Waals surface area contributed by atoms with Crippen molar-refractivity contribution in [1.29, 1.82) is 0 Å². The van der Waals surface area contributed by atoms with Gasteiger partial charge in [-0.3, -0.25) is 24.0 Å². The molecule has 0 spiro atoms. The molecule has 41 heavy (non-hydrogen) atoms. The predicted molar refractivity (Wildman–Crippen MR) is 179 cm³/mol. The lowest BCUT2D eigenvalue weighted by Gasteiger charge is -2.20. The number of rotatable bonds is 14. The zero-order chi connectivity index (χ0) is 30.5. The standard InChI is InChI=1S/C27H31I3N4O7/c1-3-40-27(39)17(31)11-7-8-12-32-26(38)20-21(28)24(33-15(2)35)23(30)25(22(20)29)34-18(36)13-19(37)41-14-16-9-5-4-6-10-16/h4-6,9-10,17H,3,7-8,11-14,31H2,1-2H3,(H,32,38)(H,33,35)(H,34,36). The van der Waals surface area contributed by atoms with Crippen LogP contribution in [0.5, 0.6) is 0 Å². The van der Waals surface area contributed by atoms with Crippen LogP contribution in [-0.2, 0) is 35.3 Å². The number of nitrogens with one attached hydrogen (secondary N) is 3. The fourth-order valence-electron chi connectivity index (χ4n) is 3.51. The first kappa shape index (κ1) is 35.1. The average molecular weight is 904 g/mol. The molecule has 2 aromatic rings. The Morgan fingerprint density at radius 3 is 2.15 bits per heavy atom. The Balaban J connectivity index is 2.12. The quantitative estimate of drug-likeness (QED) is 0.0943.